The first-order chi connectivity index (χ1) is 12.8. The molecule has 0 aliphatic heterocycles. The normalized spacial score (nSPS) is 10.2. The standard InChI is InChI=1S/C20H20N4O2/c1-26-18-8-3-2-6-16(18)13-23-19-12-15(9-11-22-19)20(25)24-14-17-7-4-5-10-21-17/h2-12H,13-14H2,1H3,(H,22,23)(H,24,25). The third kappa shape index (κ3) is 4.57. The zero-order chi connectivity index (χ0) is 18.2. The lowest BCUT2D eigenvalue weighted by molar-refractivity contribution is 0.0950. The van der Waals surface area contributed by atoms with Crippen molar-refractivity contribution in [1.29, 1.82) is 0 Å². The quantitative estimate of drug-likeness (QED) is 0.686. The molecule has 0 saturated heterocycles. The molecule has 2 aromatic heterocycles. The largest absolute Gasteiger partial charge is 0.496 e. The van der Waals surface area contributed by atoms with Crippen LogP contribution < -0.4 is 15.4 Å². The second-order valence-electron chi connectivity index (χ2n) is 5.60. The molecule has 3 aromatic rings. The number of nitrogens with one attached hydrogen (secondary N) is 2. The summed E-state index contributed by atoms with van der Waals surface area (Å²) in [6.07, 6.45) is 3.31. The predicted octanol–water partition coefficient (Wildman–Crippen LogP) is 3.03. The number of methoxy groups -OCH3 is 1. The van der Waals surface area contributed by atoms with Crippen LogP contribution in [0.4, 0.5) is 5.82 Å². The van der Waals surface area contributed by atoms with Crippen LogP contribution in [0.1, 0.15) is 21.6 Å². The average Bonchev–Trinajstić information content (AvgIpc) is 2.71. The fraction of sp³-hybridized carbons (Fsp3) is 0.150. The number of hydrogen-bond acceptors (Lipinski definition) is 5. The number of carbonyl (C=O) groups is 1. The SMILES string of the molecule is COc1ccccc1CNc1cc(C(=O)NCc2ccccn2)ccn1. The van der Waals surface area contributed by atoms with Crippen LogP contribution in [-0.4, -0.2) is 23.0 Å². The summed E-state index contributed by atoms with van der Waals surface area (Å²) in [6, 6.07) is 16.8. The monoisotopic (exact) mass is 348 g/mol. The maximum Gasteiger partial charge on any atom is 0.251 e. The van der Waals surface area contributed by atoms with E-state index in [1.807, 2.05) is 42.5 Å². The fourth-order valence-electron chi connectivity index (χ4n) is 2.48. The summed E-state index contributed by atoms with van der Waals surface area (Å²) in [6.45, 7) is 0.933. The summed E-state index contributed by atoms with van der Waals surface area (Å²) in [5.74, 6) is 1.27. The molecule has 0 bridgehead atoms. The maximum atomic E-state index is 12.3. The van der Waals surface area contributed by atoms with E-state index in [0.717, 1.165) is 17.0 Å². The average molecular weight is 348 g/mol. The lowest BCUT2D eigenvalue weighted by atomic mass is 10.2. The Kier molecular flexibility index (Phi) is 5.77. The van der Waals surface area contributed by atoms with Gasteiger partial charge in [-0.05, 0) is 30.3 Å². The topological polar surface area (TPSA) is 76.1 Å². The maximum absolute atomic E-state index is 12.3. The van der Waals surface area contributed by atoms with E-state index in [2.05, 4.69) is 20.6 Å². The third-order valence-electron chi connectivity index (χ3n) is 3.83. The predicted molar refractivity (Wildman–Crippen MR) is 100.0 cm³/mol. The summed E-state index contributed by atoms with van der Waals surface area (Å²) in [4.78, 5) is 20.8. The van der Waals surface area contributed by atoms with E-state index in [1.54, 1.807) is 31.6 Å². The molecule has 2 heterocycles. The molecule has 0 unspecified atom stereocenters. The van der Waals surface area contributed by atoms with E-state index in [0.29, 0.717) is 24.5 Å². The van der Waals surface area contributed by atoms with E-state index in [9.17, 15) is 4.79 Å². The third-order valence-corrected chi connectivity index (χ3v) is 3.83. The van der Waals surface area contributed by atoms with Crippen LogP contribution in [0.15, 0.2) is 67.0 Å². The molecule has 0 saturated carbocycles. The van der Waals surface area contributed by atoms with Crippen molar-refractivity contribution in [3.8, 4) is 5.75 Å². The molecule has 132 valence electrons. The summed E-state index contributed by atoms with van der Waals surface area (Å²) in [7, 11) is 1.64. The fourth-order valence-corrected chi connectivity index (χ4v) is 2.48. The van der Waals surface area contributed by atoms with Gasteiger partial charge in [-0.15, -0.1) is 0 Å². The number of amides is 1. The Labute approximate surface area is 152 Å². The number of benzene rings is 1. The van der Waals surface area contributed by atoms with Gasteiger partial charge in [0.25, 0.3) is 5.91 Å². The van der Waals surface area contributed by atoms with Gasteiger partial charge in [0.15, 0.2) is 0 Å². The Hall–Kier alpha value is -3.41. The second-order valence-corrected chi connectivity index (χ2v) is 5.60. The molecule has 2 N–H and O–H groups in total. The number of nitrogens with zero attached hydrogens (tertiary/aromatic N) is 2. The Balaban J connectivity index is 1.61. The summed E-state index contributed by atoms with van der Waals surface area (Å²) >= 11 is 0. The van der Waals surface area contributed by atoms with Crippen LogP contribution in [0.5, 0.6) is 5.75 Å². The Morgan fingerprint density at radius 2 is 1.85 bits per heavy atom. The van der Waals surface area contributed by atoms with Gasteiger partial charge in [0.2, 0.25) is 0 Å². The van der Waals surface area contributed by atoms with E-state index in [1.165, 1.54) is 0 Å². The number of rotatable bonds is 7. The number of ether oxygens (including phenoxy) is 1. The van der Waals surface area contributed by atoms with Crippen molar-refractivity contribution in [3.63, 3.8) is 0 Å². The number of hydrogen-bond donors (Lipinski definition) is 2. The summed E-state index contributed by atoms with van der Waals surface area (Å²) in [5.41, 5.74) is 2.37. The molecule has 0 radical (unpaired) electrons. The highest BCUT2D eigenvalue weighted by Gasteiger charge is 2.08. The van der Waals surface area contributed by atoms with Gasteiger partial charge in [0.05, 0.1) is 19.3 Å². The van der Waals surface area contributed by atoms with Gasteiger partial charge in [0, 0.05) is 30.1 Å². The van der Waals surface area contributed by atoms with Crippen LogP contribution in [0.25, 0.3) is 0 Å². The molecule has 0 spiro atoms. The van der Waals surface area contributed by atoms with Crippen LogP contribution in [0.3, 0.4) is 0 Å². The molecule has 6 heteroatoms. The molecule has 0 fully saturated rings. The summed E-state index contributed by atoms with van der Waals surface area (Å²) in [5, 5.41) is 6.08. The Morgan fingerprint density at radius 1 is 1.00 bits per heavy atom. The van der Waals surface area contributed by atoms with Crippen LogP contribution >= 0.6 is 0 Å². The molecule has 6 nitrogen and oxygen atoms in total. The highest BCUT2D eigenvalue weighted by molar-refractivity contribution is 5.94. The van der Waals surface area contributed by atoms with Crippen LogP contribution in [-0.2, 0) is 13.1 Å². The molecular weight excluding hydrogens is 328 g/mol. The van der Waals surface area contributed by atoms with Crippen molar-refractivity contribution in [2.24, 2.45) is 0 Å². The van der Waals surface area contributed by atoms with E-state index < -0.39 is 0 Å². The number of pyridine rings is 2. The molecular formula is C20H20N4O2. The van der Waals surface area contributed by atoms with E-state index in [4.69, 9.17) is 4.74 Å². The molecule has 1 amide bonds. The van der Waals surface area contributed by atoms with Gasteiger partial charge < -0.3 is 15.4 Å². The summed E-state index contributed by atoms with van der Waals surface area (Å²) < 4.78 is 5.34. The minimum absolute atomic E-state index is 0.168. The number of anilines is 1. The number of carbonyl (C=O) groups excluding carboxylic acids is 1. The van der Waals surface area contributed by atoms with Crippen molar-refractivity contribution in [3.05, 3.63) is 83.8 Å². The van der Waals surface area contributed by atoms with Crippen molar-refractivity contribution < 1.29 is 9.53 Å². The molecule has 0 atom stereocenters. The van der Waals surface area contributed by atoms with Crippen LogP contribution in [0, 0.1) is 0 Å². The van der Waals surface area contributed by atoms with E-state index >= 15 is 0 Å². The highest BCUT2D eigenvalue weighted by atomic mass is 16.5. The molecule has 26 heavy (non-hydrogen) atoms. The minimum atomic E-state index is -0.168. The molecule has 0 aliphatic carbocycles. The highest BCUT2D eigenvalue weighted by Crippen LogP contribution is 2.18. The Bertz CT molecular complexity index is 868. The van der Waals surface area contributed by atoms with Gasteiger partial charge in [-0.1, -0.05) is 24.3 Å². The smallest absolute Gasteiger partial charge is 0.251 e. The van der Waals surface area contributed by atoms with Crippen molar-refractivity contribution in [2.75, 3.05) is 12.4 Å². The van der Waals surface area contributed by atoms with Gasteiger partial charge in [-0.3, -0.25) is 9.78 Å². The minimum Gasteiger partial charge on any atom is -0.496 e. The Morgan fingerprint density at radius 3 is 2.65 bits per heavy atom. The van der Waals surface area contributed by atoms with Gasteiger partial charge in [0.1, 0.15) is 11.6 Å². The number of para-hydroxylation sites is 1. The lowest BCUT2D eigenvalue weighted by Gasteiger charge is -2.11. The van der Waals surface area contributed by atoms with Crippen LogP contribution in [0.2, 0.25) is 0 Å². The van der Waals surface area contributed by atoms with Gasteiger partial charge >= 0.3 is 0 Å². The van der Waals surface area contributed by atoms with Gasteiger partial charge in [-0.2, -0.15) is 0 Å². The molecule has 0 aliphatic rings. The zero-order valence-electron chi connectivity index (χ0n) is 14.5. The zero-order valence-corrected chi connectivity index (χ0v) is 14.5. The first kappa shape index (κ1) is 17.4. The van der Waals surface area contributed by atoms with Crippen molar-refractivity contribution >= 4 is 11.7 Å². The molecule has 1 aromatic carbocycles. The first-order valence-corrected chi connectivity index (χ1v) is 8.26. The van der Waals surface area contributed by atoms with Crippen molar-refractivity contribution in [1.82, 2.24) is 15.3 Å². The molecule has 3 rings (SSSR count). The first-order valence-electron chi connectivity index (χ1n) is 8.26. The van der Waals surface area contributed by atoms with E-state index in [-0.39, 0.29) is 5.91 Å². The van der Waals surface area contributed by atoms with Crippen molar-refractivity contribution in [2.45, 2.75) is 13.1 Å². The lowest BCUT2D eigenvalue weighted by Crippen LogP contribution is -2.23. The second kappa shape index (κ2) is 8.62. The number of aromatic nitrogens is 2. The van der Waals surface area contributed by atoms with Gasteiger partial charge in [-0.25, -0.2) is 4.98 Å².